The molecule has 3 nitrogen and oxygen atoms in total. The summed E-state index contributed by atoms with van der Waals surface area (Å²) in [5, 5.41) is 2.68. The first-order valence-corrected chi connectivity index (χ1v) is 4.94. The Hall–Kier alpha value is -0.570. The fraction of sp³-hybridized carbons (Fsp3) is 0.900. The Kier molecular flexibility index (Phi) is 6.59. The summed E-state index contributed by atoms with van der Waals surface area (Å²) in [4.78, 5) is 10.1. The number of hydrogen-bond acceptors (Lipinski definition) is 2. The van der Waals surface area contributed by atoms with Crippen molar-refractivity contribution in [1.29, 1.82) is 0 Å². The summed E-state index contributed by atoms with van der Waals surface area (Å²) in [7, 11) is 0. The van der Waals surface area contributed by atoms with Crippen molar-refractivity contribution in [2.75, 3.05) is 6.54 Å². The fourth-order valence-electron chi connectivity index (χ4n) is 1.11. The highest BCUT2D eigenvalue weighted by Gasteiger charge is 2.05. The van der Waals surface area contributed by atoms with Crippen molar-refractivity contribution in [2.45, 2.75) is 52.7 Å². The molecule has 1 aliphatic heterocycles. The van der Waals surface area contributed by atoms with E-state index in [1.165, 1.54) is 0 Å². The SMILES string of the molecule is CC(C)OC(C)C.O=C1CCCN1. The second kappa shape index (κ2) is 6.89. The average molecular weight is 187 g/mol. The van der Waals surface area contributed by atoms with Crippen LogP contribution in [0.15, 0.2) is 0 Å². The Labute approximate surface area is 80.8 Å². The first-order chi connectivity index (χ1) is 6.02. The van der Waals surface area contributed by atoms with Crippen molar-refractivity contribution < 1.29 is 9.53 Å². The van der Waals surface area contributed by atoms with Gasteiger partial charge in [-0.25, -0.2) is 0 Å². The predicted molar refractivity (Wildman–Crippen MR) is 53.6 cm³/mol. The smallest absolute Gasteiger partial charge is 0.220 e. The van der Waals surface area contributed by atoms with Crippen LogP contribution in [-0.4, -0.2) is 24.7 Å². The van der Waals surface area contributed by atoms with E-state index in [0.717, 1.165) is 19.4 Å². The first-order valence-electron chi connectivity index (χ1n) is 4.94. The molecule has 3 heteroatoms. The molecule has 0 aliphatic carbocycles. The minimum Gasteiger partial charge on any atom is -0.376 e. The highest BCUT2D eigenvalue weighted by Crippen LogP contribution is 1.93. The molecule has 1 fully saturated rings. The highest BCUT2D eigenvalue weighted by atomic mass is 16.5. The molecule has 13 heavy (non-hydrogen) atoms. The van der Waals surface area contributed by atoms with Crippen LogP contribution >= 0.6 is 0 Å². The van der Waals surface area contributed by atoms with Gasteiger partial charge < -0.3 is 10.1 Å². The van der Waals surface area contributed by atoms with E-state index >= 15 is 0 Å². The Morgan fingerprint density at radius 3 is 1.85 bits per heavy atom. The number of carbonyl (C=O) groups is 1. The number of hydrogen-bond donors (Lipinski definition) is 1. The zero-order valence-electron chi connectivity index (χ0n) is 9.09. The van der Waals surface area contributed by atoms with Crippen molar-refractivity contribution >= 4 is 5.91 Å². The third kappa shape index (κ3) is 9.34. The number of carbonyl (C=O) groups excluding carboxylic acids is 1. The molecule has 0 aromatic carbocycles. The summed E-state index contributed by atoms with van der Waals surface area (Å²) in [5.41, 5.74) is 0. The Morgan fingerprint density at radius 2 is 1.77 bits per heavy atom. The maximum Gasteiger partial charge on any atom is 0.220 e. The van der Waals surface area contributed by atoms with Gasteiger partial charge in [0.15, 0.2) is 0 Å². The molecule has 0 atom stereocenters. The quantitative estimate of drug-likeness (QED) is 0.714. The normalized spacial score (nSPS) is 15.7. The van der Waals surface area contributed by atoms with Gasteiger partial charge in [-0.15, -0.1) is 0 Å². The first kappa shape index (κ1) is 12.4. The van der Waals surface area contributed by atoms with E-state index in [-0.39, 0.29) is 5.91 Å². The second-order valence-electron chi connectivity index (χ2n) is 3.69. The van der Waals surface area contributed by atoms with Crippen LogP contribution in [0, 0.1) is 0 Å². The largest absolute Gasteiger partial charge is 0.376 e. The van der Waals surface area contributed by atoms with E-state index in [1.807, 2.05) is 27.7 Å². The summed E-state index contributed by atoms with van der Waals surface area (Å²) in [6.45, 7) is 9.05. The Bertz CT molecular complexity index is 130. The monoisotopic (exact) mass is 187 g/mol. The van der Waals surface area contributed by atoms with Crippen molar-refractivity contribution in [2.24, 2.45) is 0 Å². The summed E-state index contributed by atoms with van der Waals surface area (Å²) in [5.74, 6) is 0.204. The molecule has 1 amide bonds. The molecule has 78 valence electrons. The van der Waals surface area contributed by atoms with Gasteiger partial charge in [-0.3, -0.25) is 4.79 Å². The minimum absolute atomic E-state index is 0.204. The lowest BCUT2D eigenvalue weighted by Crippen LogP contribution is -2.12. The van der Waals surface area contributed by atoms with Crippen LogP contribution in [0.2, 0.25) is 0 Å². The lowest BCUT2D eigenvalue weighted by molar-refractivity contribution is -0.119. The van der Waals surface area contributed by atoms with E-state index in [1.54, 1.807) is 0 Å². The molecule has 1 heterocycles. The second-order valence-corrected chi connectivity index (χ2v) is 3.69. The van der Waals surface area contributed by atoms with Crippen molar-refractivity contribution in [1.82, 2.24) is 5.32 Å². The number of ether oxygens (including phenoxy) is 1. The van der Waals surface area contributed by atoms with Crippen molar-refractivity contribution in [3.63, 3.8) is 0 Å². The van der Waals surface area contributed by atoms with Gasteiger partial charge in [-0.05, 0) is 34.1 Å². The van der Waals surface area contributed by atoms with E-state index in [9.17, 15) is 4.79 Å². The van der Waals surface area contributed by atoms with Gasteiger partial charge in [0.05, 0.1) is 12.2 Å². The topological polar surface area (TPSA) is 38.3 Å². The molecule has 0 saturated carbocycles. The number of amides is 1. The summed E-state index contributed by atoms with van der Waals surface area (Å²) >= 11 is 0. The predicted octanol–water partition coefficient (Wildman–Crippen LogP) is 1.72. The average Bonchev–Trinajstić information content (AvgIpc) is 2.37. The Morgan fingerprint density at radius 1 is 1.23 bits per heavy atom. The van der Waals surface area contributed by atoms with Gasteiger partial charge >= 0.3 is 0 Å². The Balaban J connectivity index is 0.000000223. The minimum atomic E-state index is 0.204. The standard InChI is InChI=1S/C6H14O.C4H7NO/c1-5(2)7-6(3)4;6-4-2-1-3-5-4/h5-6H,1-4H3;1-3H2,(H,5,6). The van der Waals surface area contributed by atoms with Crippen molar-refractivity contribution in [3.8, 4) is 0 Å². The fourth-order valence-corrected chi connectivity index (χ4v) is 1.11. The van der Waals surface area contributed by atoms with Gasteiger partial charge in [0.2, 0.25) is 5.91 Å². The molecule has 0 bridgehead atoms. The third-order valence-electron chi connectivity index (χ3n) is 1.45. The molecule has 0 unspecified atom stereocenters. The van der Waals surface area contributed by atoms with Crippen LogP contribution in [0.4, 0.5) is 0 Å². The van der Waals surface area contributed by atoms with Crippen LogP contribution in [0.3, 0.4) is 0 Å². The lowest BCUT2D eigenvalue weighted by Gasteiger charge is -2.09. The molecule has 0 spiro atoms. The molecule has 1 aliphatic rings. The molecular formula is C10H21NO2. The summed E-state index contributed by atoms with van der Waals surface area (Å²) in [6, 6.07) is 0. The maximum absolute atomic E-state index is 10.1. The van der Waals surface area contributed by atoms with E-state index in [4.69, 9.17) is 4.74 Å². The van der Waals surface area contributed by atoms with Gasteiger partial charge in [-0.1, -0.05) is 0 Å². The van der Waals surface area contributed by atoms with E-state index in [0.29, 0.717) is 12.2 Å². The highest BCUT2D eigenvalue weighted by molar-refractivity contribution is 5.77. The van der Waals surface area contributed by atoms with Crippen molar-refractivity contribution in [3.05, 3.63) is 0 Å². The summed E-state index contributed by atoms with van der Waals surface area (Å²) in [6.07, 6.45) is 2.51. The van der Waals surface area contributed by atoms with Crippen LogP contribution in [0.1, 0.15) is 40.5 Å². The van der Waals surface area contributed by atoms with Crippen LogP contribution in [0.5, 0.6) is 0 Å². The molecular weight excluding hydrogens is 166 g/mol. The molecule has 0 aromatic heterocycles. The number of nitrogens with one attached hydrogen (secondary N) is 1. The third-order valence-corrected chi connectivity index (χ3v) is 1.45. The van der Waals surface area contributed by atoms with Gasteiger partial charge in [0.25, 0.3) is 0 Å². The van der Waals surface area contributed by atoms with Gasteiger partial charge in [0, 0.05) is 13.0 Å². The molecule has 1 saturated heterocycles. The van der Waals surface area contributed by atoms with Crippen LogP contribution in [-0.2, 0) is 9.53 Å². The zero-order chi connectivity index (χ0) is 10.3. The van der Waals surface area contributed by atoms with Crippen LogP contribution in [0.25, 0.3) is 0 Å². The number of rotatable bonds is 2. The molecule has 1 rings (SSSR count). The van der Waals surface area contributed by atoms with E-state index in [2.05, 4.69) is 5.32 Å². The molecule has 1 N–H and O–H groups in total. The van der Waals surface area contributed by atoms with E-state index < -0.39 is 0 Å². The van der Waals surface area contributed by atoms with Gasteiger partial charge in [-0.2, -0.15) is 0 Å². The zero-order valence-corrected chi connectivity index (χ0v) is 9.09. The van der Waals surface area contributed by atoms with Crippen LogP contribution < -0.4 is 5.32 Å². The maximum atomic E-state index is 10.1. The molecule has 0 aromatic rings. The summed E-state index contributed by atoms with van der Waals surface area (Å²) < 4.78 is 5.25. The molecule has 0 radical (unpaired) electrons. The van der Waals surface area contributed by atoms with Gasteiger partial charge in [0.1, 0.15) is 0 Å². The lowest BCUT2D eigenvalue weighted by atomic mass is 10.4.